The quantitative estimate of drug-likeness (QED) is 0.618. The second-order valence-corrected chi connectivity index (χ2v) is 7.28. The Morgan fingerprint density at radius 2 is 1.87 bits per heavy atom. The number of halogens is 2. The third-order valence-corrected chi connectivity index (χ3v) is 4.78. The van der Waals surface area contributed by atoms with Crippen molar-refractivity contribution in [2.24, 2.45) is 4.99 Å². The van der Waals surface area contributed by atoms with Crippen molar-refractivity contribution in [3.63, 3.8) is 0 Å². The smallest absolute Gasteiger partial charge is 0.191 e. The van der Waals surface area contributed by atoms with Crippen LogP contribution < -0.4 is 10.6 Å². The Kier molecular flexibility index (Phi) is 6.69. The molecule has 23 heavy (non-hydrogen) atoms. The number of nitrogens with one attached hydrogen (secondary N) is 2. The molecule has 0 spiro atoms. The van der Waals surface area contributed by atoms with Gasteiger partial charge in [0, 0.05) is 28.5 Å². The first-order valence-corrected chi connectivity index (χ1v) is 8.87. The predicted octanol–water partition coefficient (Wildman–Crippen LogP) is 3.97. The molecule has 7 heteroatoms. The molecular weight excluding hydrogens is 351 g/mol. The molecule has 0 saturated carbocycles. The first-order valence-electron chi connectivity index (χ1n) is 7.30. The van der Waals surface area contributed by atoms with Gasteiger partial charge in [0.05, 0.1) is 17.2 Å². The predicted molar refractivity (Wildman–Crippen MR) is 100.0 cm³/mol. The van der Waals surface area contributed by atoms with Crippen LogP contribution >= 0.6 is 34.5 Å². The van der Waals surface area contributed by atoms with Crippen LogP contribution in [0.5, 0.6) is 0 Å². The summed E-state index contributed by atoms with van der Waals surface area (Å²) in [6.07, 6.45) is 0.819. The average molecular weight is 371 g/mol. The van der Waals surface area contributed by atoms with E-state index in [1.165, 1.54) is 4.88 Å². The van der Waals surface area contributed by atoms with Gasteiger partial charge in [0.15, 0.2) is 5.96 Å². The number of aliphatic imine (C=N–C) groups is 1. The number of thiazole rings is 1. The number of hydrogen-bond donors (Lipinski definition) is 2. The number of aromatic nitrogens is 1. The summed E-state index contributed by atoms with van der Waals surface area (Å²) in [5, 5.41) is 9.00. The minimum absolute atomic E-state index is 0.658. The van der Waals surface area contributed by atoms with Gasteiger partial charge < -0.3 is 10.6 Å². The third kappa shape index (κ3) is 5.68. The number of hydrogen-bond acceptors (Lipinski definition) is 3. The maximum atomic E-state index is 6.01. The molecule has 1 aromatic heterocycles. The zero-order valence-corrected chi connectivity index (χ0v) is 15.7. The van der Waals surface area contributed by atoms with E-state index < -0.39 is 0 Å². The number of aryl methyl sites for hydroxylation is 2. The van der Waals surface area contributed by atoms with Crippen molar-refractivity contribution in [2.45, 2.75) is 26.8 Å². The lowest BCUT2D eigenvalue weighted by atomic mass is 10.1. The molecule has 124 valence electrons. The van der Waals surface area contributed by atoms with E-state index in [-0.39, 0.29) is 0 Å². The van der Waals surface area contributed by atoms with Crippen molar-refractivity contribution in [1.29, 1.82) is 0 Å². The van der Waals surface area contributed by atoms with Crippen LogP contribution in [0.25, 0.3) is 0 Å². The topological polar surface area (TPSA) is 49.3 Å². The Balaban J connectivity index is 1.82. The fourth-order valence-corrected chi connectivity index (χ4v) is 3.65. The van der Waals surface area contributed by atoms with Gasteiger partial charge in [0.1, 0.15) is 0 Å². The van der Waals surface area contributed by atoms with Crippen LogP contribution in [0.4, 0.5) is 0 Å². The Hall–Kier alpha value is -1.30. The van der Waals surface area contributed by atoms with E-state index in [4.69, 9.17) is 23.2 Å². The highest BCUT2D eigenvalue weighted by atomic mass is 35.5. The highest BCUT2D eigenvalue weighted by molar-refractivity contribution is 7.11. The number of nitrogens with zero attached hydrogens (tertiary/aromatic N) is 2. The Morgan fingerprint density at radius 1 is 1.17 bits per heavy atom. The van der Waals surface area contributed by atoms with Gasteiger partial charge in [-0.1, -0.05) is 23.2 Å². The van der Waals surface area contributed by atoms with Crippen molar-refractivity contribution in [1.82, 2.24) is 15.6 Å². The second kappa shape index (κ2) is 8.52. The minimum Gasteiger partial charge on any atom is -0.356 e. The third-order valence-electron chi connectivity index (χ3n) is 3.27. The first kappa shape index (κ1) is 18.0. The van der Waals surface area contributed by atoms with Gasteiger partial charge >= 0.3 is 0 Å². The molecule has 2 aromatic rings. The summed E-state index contributed by atoms with van der Waals surface area (Å²) in [4.78, 5) is 9.89. The summed E-state index contributed by atoms with van der Waals surface area (Å²) in [5.74, 6) is 0.767. The van der Waals surface area contributed by atoms with Gasteiger partial charge in [-0.25, -0.2) is 4.98 Å². The number of rotatable bonds is 5. The molecule has 1 heterocycles. The largest absolute Gasteiger partial charge is 0.356 e. The Morgan fingerprint density at radius 3 is 2.43 bits per heavy atom. The first-order chi connectivity index (χ1) is 11.0. The van der Waals surface area contributed by atoms with Crippen molar-refractivity contribution < 1.29 is 0 Å². The van der Waals surface area contributed by atoms with Crippen LogP contribution in [0.15, 0.2) is 23.2 Å². The van der Waals surface area contributed by atoms with Gasteiger partial charge in [0.2, 0.25) is 0 Å². The lowest BCUT2D eigenvalue weighted by molar-refractivity contribution is 0.796. The zero-order chi connectivity index (χ0) is 16.8. The SMILES string of the molecule is CN=C(NCCc1cc(Cl)cc(Cl)c1)NCc1sc(C)nc1C. The van der Waals surface area contributed by atoms with E-state index in [1.54, 1.807) is 24.5 Å². The molecule has 2 rings (SSSR count). The summed E-state index contributed by atoms with van der Waals surface area (Å²) < 4.78 is 0. The fraction of sp³-hybridized carbons (Fsp3) is 0.375. The van der Waals surface area contributed by atoms with Crippen molar-refractivity contribution in [2.75, 3.05) is 13.6 Å². The molecular formula is C16H20Cl2N4S. The molecule has 0 radical (unpaired) electrons. The fourth-order valence-electron chi connectivity index (χ4n) is 2.20. The molecule has 0 bridgehead atoms. The molecule has 0 saturated heterocycles. The summed E-state index contributed by atoms with van der Waals surface area (Å²) in [6, 6.07) is 5.59. The van der Waals surface area contributed by atoms with E-state index >= 15 is 0 Å². The second-order valence-electron chi connectivity index (χ2n) is 5.12. The van der Waals surface area contributed by atoms with Crippen molar-refractivity contribution in [3.8, 4) is 0 Å². The molecule has 0 atom stereocenters. The average Bonchev–Trinajstić information content (AvgIpc) is 2.79. The summed E-state index contributed by atoms with van der Waals surface area (Å²) >= 11 is 13.7. The number of benzene rings is 1. The summed E-state index contributed by atoms with van der Waals surface area (Å²) in [6.45, 7) is 5.51. The van der Waals surface area contributed by atoms with Crippen LogP contribution in [0.3, 0.4) is 0 Å². The molecule has 4 nitrogen and oxygen atoms in total. The standard InChI is InChI=1S/C16H20Cl2N4S/c1-10-15(23-11(2)22-10)9-21-16(19-3)20-5-4-12-6-13(17)8-14(18)7-12/h6-8H,4-5,9H2,1-3H3,(H2,19,20,21). The monoisotopic (exact) mass is 370 g/mol. The van der Waals surface area contributed by atoms with Crippen LogP contribution in [-0.4, -0.2) is 24.5 Å². The summed E-state index contributed by atoms with van der Waals surface area (Å²) in [7, 11) is 1.76. The number of guanidine groups is 1. The van der Waals surface area contributed by atoms with Gasteiger partial charge in [-0.3, -0.25) is 4.99 Å². The van der Waals surface area contributed by atoms with Crippen LogP contribution in [0, 0.1) is 13.8 Å². The molecule has 1 aromatic carbocycles. The van der Waals surface area contributed by atoms with Crippen molar-refractivity contribution in [3.05, 3.63) is 49.4 Å². The molecule has 0 fully saturated rings. The van der Waals surface area contributed by atoms with Gasteiger partial charge in [-0.05, 0) is 44.0 Å². The van der Waals surface area contributed by atoms with E-state index in [0.717, 1.165) is 41.7 Å². The van der Waals surface area contributed by atoms with E-state index in [9.17, 15) is 0 Å². The molecule has 0 aliphatic rings. The Labute approximate surface area is 151 Å². The van der Waals surface area contributed by atoms with Gasteiger partial charge in [0.25, 0.3) is 0 Å². The molecule has 0 amide bonds. The summed E-state index contributed by atoms with van der Waals surface area (Å²) in [5.41, 5.74) is 2.17. The van der Waals surface area contributed by atoms with E-state index in [2.05, 4.69) is 20.6 Å². The highest BCUT2D eigenvalue weighted by Crippen LogP contribution is 2.19. The lowest BCUT2D eigenvalue weighted by Gasteiger charge is -2.11. The van der Waals surface area contributed by atoms with E-state index in [0.29, 0.717) is 10.0 Å². The van der Waals surface area contributed by atoms with E-state index in [1.807, 2.05) is 26.0 Å². The van der Waals surface area contributed by atoms with Gasteiger partial charge in [-0.15, -0.1) is 11.3 Å². The Bertz CT molecular complexity index is 677. The van der Waals surface area contributed by atoms with Crippen LogP contribution in [0.1, 0.15) is 21.1 Å². The van der Waals surface area contributed by atoms with Crippen LogP contribution in [0.2, 0.25) is 10.0 Å². The zero-order valence-electron chi connectivity index (χ0n) is 13.4. The van der Waals surface area contributed by atoms with Crippen molar-refractivity contribution >= 4 is 40.5 Å². The van der Waals surface area contributed by atoms with Crippen LogP contribution in [-0.2, 0) is 13.0 Å². The molecule has 2 N–H and O–H groups in total. The molecule has 0 unspecified atom stereocenters. The molecule has 0 aliphatic heterocycles. The maximum Gasteiger partial charge on any atom is 0.191 e. The van der Waals surface area contributed by atoms with Gasteiger partial charge in [-0.2, -0.15) is 0 Å². The highest BCUT2D eigenvalue weighted by Gasteiger charge is 2.06. The maximum absolute atomic E-state index is 6.01. The lowest BCUT2D eigenvalue weighted by Crippen LogP contribution is -2.37. The molecule has 0 aliphatic carbocycles. The normalized spacial score (nSPS) is 11.6. The minimum atomic E-state index is 0.658.